The molecule has 4 aromatic rings. The van der Waals surface area contributed by atoms with Crippen LogP contribution in [0.1, 0.15) is 11.1 Å². The number of carbonyl (C=O) groups excluding carboxylic acids is 1. The fourth-order valence-electron chi connectivity index (χ4n) is 3.49. The van der Waals surface area contributed by atoms with Crippen LogP contribution in [0.2, 0.25) is 20.1 Å². The highest BCUT2D eigenvalue weighted by Crippen LogP contribution is 2.34. The fraction of sp³-hybridized carbons (Fsp3) is 0.0800. The number of amides is 2. The molecule has 0 atom stereocenters. The van der Waals surface area contributed by atoms with Crippen LogP contribution < -0.4 is 5.32 Å². The first-order chi connectivity index (χ1) is 15.4. The second-order valence-corrected chi connectivity index (χ2v) is 8.98. The molecule has 0 aliphatic rings. The molecule has 0 spiro atoms. The number of hydrogen-bond acceptors (Lipinski definition) is 1. The smallest absolute Gasteiger partial charge is 0.316 e. The van der Waals surface area contributed by atoms with Crippen LogP contribution in [0.4, 0.5) is 10.5 Å². The third kappa shape index (κ3) is 5.31. The molecule has 0 unspecified atom stereocenters. The van der Waals surface area contributed by atoms with Crippen molar-refractivity contribution in [3.05, 3.63) is 110 Å². The minimum absolute atomic E-state index is 0.271. The van der Waals surface area contributed by atoms with Gasteiger partial charge < -0.3 is 10.2 Å². The van der Waals surface area contributed by atoms with Crippen LogP contribution >= 0.6 is 46.4 Å². The Labute approximate surface area is 206 Å². The van der Waals surface area contributed by atoms with Gasteiger partial charge in [0, 0.05) is 23.1 Å². The van der Waals surface area contributed by atoms with E-state index in [2.05, 4.69) is 23.5 Å². The Balaban J connectivity index is 1.67. The number of hydrogen-bond donors (Lipinski definition) is 1. The van der Waals surface area contributed by atoms with Crippen molar-refractivity contribution >= 4 is 68.9 Å². The summed E-state index contributed by atoms with van der Waals surface area (Å²) in [6.45, 7) is 0.758. The number of urea groups is 1. The lowest BCUT2D eigenvalue weighted by atomic mass is 10.0. The van der Waals surface area contributed by atoms with Gasteiger partial charge in [-0.2, -0.15) is 0 Å². The third-order valence-corrected chi connectivity index (χ3v) is 6.12. The molecule has 1 N–H and O–H groups in total. The summed E-state index contributed by atoms with van der Waals surface area (Å²) in [5.41, 5.74) is 2.29. The van der Waals surface area contributed by atoms with Gasteiger partial charge in [-0.15, -0.1) is 0 Å². The van der Waals surface area contributed by atoms with Gasteiger partial charge in [-0.1, -0.05) is 101 Å². The van der Waals surface area contributed by atoms with Crippen molar-refractivity contribution in [2.75, 3.05) is 5.32 Å². The maximum atomic E-state index is 13.4. The molecule has 0 aromatic heterocycles. The molecule has 0 aliphatic carbocycles. The summed E-state index contributed by atoms with van der Waals surface area (Å²) < 4.78 is 0. The SMILES string of the molecule is O=C(Nc1c(Cl)cc(Cl)cc1Cl)N(Cc1ccc(Cl)cc1)Cc1cccc2ccccc12. The minimum Gasteiger partial charge on any atom is -0.316 e. The number of halogens is 4. The number of carbonyl (C=O) groups is 1. The third-order valence-electron chi connectivity index (χ3n) is 5.05. The summed E-state index contributed by atoms with van der Waals surface area (Å²) in [5.74, 6) is 0. The van der Waals surface area contributed by atoms with Crippen molar-refractivity contribution < 1.29 is 4.79 Å². The Morgan fingerprint density at radius 3 is 2.12 bits per heavy atom. The highest BCUT2D eigenvalue weighted by molar-refractivity contribution is 6.42. The zero-order valence-electron chi connectivity index (χ0n) is 16.8. The number of fused-ring (bicyclic) bond motifs is 1. The molecule has 4 aromatic carbocycles. The van der Waals surface area contributed by atoms with Crippen molar-refractivity contribution in [3.63, 3.8) is 0 Å². The van der Waals surface area contributed by atoms with Gasteiger partial charge in [0.05, 0.1) is 15.7 Å². The average Bonchev–Trinajstić information content (AvgIpc) is 2.77. The molecule has 0 fully saturated rings. The number of rotatable bonds is 5. The van der Waals surface area contributed by atoms with E-state index in [1.807, 2.05) is 36.4 Å². The summed E-state index contributed by atoms with van der Waals surface area (Å²) in [6.07, 6.45) is 0. The predicted octanol–water partition coefficient (Wildman–Crippen LogP) is 8.69. The molecule has 0 saturated carbocycles. The molecular weight excluding hydrogens is 486 g/mol. The summed E-state index contributed by atoms with van der Waals surface area (Å²) in [7, 11) is 0. The molecule has 32 heavy (non-hydrogen) atoms. The first kappa shape index (κ1) is 22.8. The molecule has 4 rings (SSSR count). The minimum atomic E-state index is -0.334. The Hall–Kier alpha value is -2.43. The van der Waals surface area contributed by atoms with Crippen LogP contribution in [-0.2, 0) is 13.1 Å². The number of benzene rings is 4. The van der Waals surface area contributed by atoms with Crippen molar-refractivity contribution in [2.45, 2.75) is 13.1 Å². The van der Waals surface area contributed by atoms with E-state index < -0.39 is 0 Å². The van der Waals surface area contributed by atoms with E-state index in [1.165, 1.54) is 0 Å². The Morgan fingerprint density at radius 2 is 1.41 bits per heavy atom. The molecular formula is C25H18Cl4N2O. The maximum absolute atomic E-state index is 13.4. The molecule has 0 aliphatic heterocycles. The van der Waals surface area contributed by atoms with E-state index in [-0.39, 0.29) is 16.1 Å². The summed E-state index contributed by atoms with van der Waals surface area (Å²) in [4.78, 5) is 15.1. The van der Waals surface area contributed by atoms with Gasteiger partial charge in [0.2, 0.25) is 0 Å². The molecule has 0 saturated heterocycles. The van der Waals surface area contributed by atoms with Crippen molar-refractivity contribution in [3.8, 4) is 0 Å². The van der Waals surface area contributed by atoms with Gasteiger partial charge in [0.15, 0.2) is 0 Å². The first-order valence-electron chi connectivity index (χ1n) is 9.82. The van der Waals surface area contributed by atoms with E-state index in [1.54, 1.807) is 29.2 Å². The Morgan fingerprint density at radius 1 is 0.750 bits per heavy atom. The van der Waals surface area contributed by atoms with E-state index in [0.717, 1.165) is 21.9 Å². The van der Waals surface area contributed by atoms with Gasteiger partial charge >= 0.3 is 6.03 Å². The van der Waals surface area contributed by atoms with Gasteiger partial charge in [0.25, 0.3) is 0 Å². The first-order valence-corrected chi connectivity index (χ1v) is 11.3. The molecule has 0 bridgehead atoms. The second kappa shape index (κ2) is 10.0. The highest BCUT2D eigenvalue weighted by atomic mass is 35.5. The zero-order chi connectivity index (χ0) is 22.7. The number of nitrogens with one attached hydrogen (secondary N) is 1. The second-order valence-electron chi connectivity index (χ2n) is 7.30. The van der Waals surface area contributed by atoms with E-state index in [9.17, 15) is 4.79 Å². The van der Waals surface area contributed by atoms with Crippen LogP contribution in [0.3, 0.4) is 0 Å². The Bertz CT molecular complexity index is 1250. The topological polar surface area (TPSA) is 32.3 Å². The molecule has 2 amide bonds. The van der Waals surface area contributed by atoms with Crippen molar-refractivity contribution in [2.24, 2.45) is 0 Å². The molecule has 7 heteroatoms. The molecule has 162 valence electrons. The summed E-state index contributed by atoms with van der Waals surface area (Å²) in [5, 5.41) is 6.62. The summed E-state index contributed by atoms with van der Waals surface area (Å²) >= 11 is 24.6. The number of anilines is 1. The van der Waals surface area contributed by atoms with Crippen LogP contribution in [-0.4, -0.2) is 10.9 Å². The standard InChI is InChI=1S/C25H18Cl4N2O/c26-19-10-8-16(9-11-19)14-31(15-18-6-3-5-17-4-1-2-7-21(17)18)25(32)30-24-22(28)12-20(27)13-23(24)29/h1-13H,14-15H2,(H,30,32). The molecule has 3 nitrogen and oxygen atoms in total. The lowest BCUT2D eigenvalue weighted by molar-refractivity contribution is 0.206. The largest absolute Gasteiger partial charge is 0.322 e. The lowest BCUT2D eigenvalue weighted by Gasteiger charge is -2.25. The monoisotopic (exact) mass is 502 g/mol. The van der Waals surface area contributed by atoms with Gasteiger partial charge in [0.1, 0.15) is 0 Å². The average molecular weight is 504 g/mol. The zero-order valence-corrected chi connectivity index (χ0v) is 19.8. The number of nitrogens with zero attached hydrogens (tertiary/aromatic N) is 1. The molecule has 0 radical (unpaired) electrons. The van der Waals surface area contributed by atoms with Crippen LogP contribution in [0.5, 0.6) is 0 Å². The van der Waals surface area contributed by atoms with Gasteiger partial charge in [-0.25, -0.2) is 4.79 Å². The van der Waals surface area contributed by atoms with Gasteiger partial charge in [-0.05, 0) is 46.2 Å². The van der Waals surface area contributed by atoms with Crippen LogP contribution in [0.15, 0.2) is 78.9 Å². The maximum Gasteiger partial charge on any atom is 0.322 e. The van der Waals surface area contributed by atoms with Crippen molar-refractivity contribution in [1.82, 2.24) is 4.90 Å². The predicted molar refractivity (Wildman–Crippen MR) is 135 cm³/mol. The normalized spacial score (nSPS) is 10.9. The summed E-state index contributed by atoms with van der Waals surface area (Å²) in [6, 6.07) is 24.3. The van der Waals surface area contributed by atoms with Gasteiger partial charge in [-0.3, -0.25) is 0 Å². The molecule has 0 heterocycles. The van der Waals surface area contributed by atoms with E-state index in [4.69, 9.17) is 46.4 Å². The van der Waals surface area contributed by atoms with Crippen molar-refractivity contribution in [1.29, 1.82) is 0 Å². The quantitative estimate of drug-likeness (QED) is 0.290. The Kier molecular flexibility index (Phi) is 7.12. The van der Waals surface area contributed by atoms with Crippen LogP contribution in [0, 0.1) is 0 Å². The highest BCUT2D eigenvalue weighted by Gasteiger charge is 2.19. The van der Waals surface area contributed by atoms with E-state index >= 15 is 0 Å². The van der Waals surface area contributed by atoms with E-state index in [0.29, 0.717) is 28.8 Å². The van der Waals surface area contributed by atoms with Crippen LogP contribution in [0.25, 0.3) is 10.8 Å². The lowest BCUT2D eigenvalue weighted by Crippen LogP contribution is -2.34. The fourth-order valence-corrected chi connectivity index (χ4v) is 4.53.